The molecule has 31 heavy (non-hydrogen) atoms. The molecule has 3 amide bonds. The highest BCUT2D eigenvalue weighted by atomic mass is 32.2. The average Bonchev–Trinajstić information content (AvgIpc) is 2.77. The van der Waals surface area contributed by atoms with Gasteiger partial charge in [-0.15, -0.1) is 0 Å². The number of imide groups is 1. The highest BCUT2D eigenvalue weighted by Gasteiger charge is 2.14. The standard InChI is InChI=1S/C22H33N5O3S/c1-4-7-13-23-21(30)25-19(28)16-31-22-24-18-12-9-8-11-17(18)20(29)27(22)15-10-14-26(5-2)6-3/h8-9,11-12H,4-7,10,13-16H2,1-3H3,(H2,23,25,28,30). The lowest BCUT2D eigenvalue weighted by Gasteiger charge is -2.19. The van der Waals surface area contributed by atoms with Crippen LogP contribution in [0, 0.1) is 0 Å². The maximum absolute atomic E-state index is 13.1. The fraction of sp³-hybridized carbons (Fsp3) is 0.545. The molecule has 170 valence electrons. The molecule has 0 aliphatic heterocycles. The van der Waals surface area contributed by atoms with E-state index in [-0.39, 0.29) is 11.3 Å². The lowest BCUT2D eigenvalue weighted by molar-refractivity contribution is -0.117. The number of benzene rings is 1. The minimum atomic E-state index is -0.498. The molecular weight excluding hydrogens is 414 g/mol. The minimum Gasteiger partial charge on any atom is -0.338 e. The zero-order chi connectivity index (χ0) is 22.6. The lowest BCUT2D eigenvalue weighted by atomic mass is 10.2. The maximum atomic E-state index is 13.1. The summed E-state index contributed by atoms with van der Waals surface area (Å²) in [4.78, 5) is 43.9. The molecule has 0 spiro atoms. The van der Waals surface area contributed by atoms with E-state index in [4.69, 9.17) is 0 Å². The normalized spacial score (nSPS) is 11.1. The second-order valence-corrected chi connectivity index (χ2v) is 8.14. The summed E-state index contributed by atoms with van der Waals surface area (Å²) >= 11 is 1.17. The number of nitrogens with zero attached hydrogens (tertiary/aromatic N) is 3. The largest absolute Gasteiger partial charge is 0.338 e. The molecule has 0 atom stereocenters. The van der Waals surface area contributed by atoms with E-state index in [9.17, 15) is 14.4 Å². The molecule has 0 fully saturated rings. The van der Waals surface area contributed by atoms with Gasteiger partial charge in [-0.2, -0.15) is 0 Å². The predicted molar refractivity (Wildman–Crippen MR) is 126 cm³/mol. The molecule has 0 aliphatic rings. The number of hydrogen-bond acceptors (Lipinski definition) is 6. The van der Waals surface area contributed by atoms with Crippen molar-refractivity contribution >= 4 is 34.6 Å². The maximum Gasteiger partial charge on any atom is 0.321 e. The van der Waals surface area contributed by atoms with Crippen molar-refractivity contribution in [3.05, 3.63) is 34.6 Å². The van der Waals surface area contributed by atoms with Gasteiger partial charge in [-0.05, 0) is 44.6 Å². The summed E-state index contributed by atoms with van der Waals surface area (Å²) in [6, 6.07) is 6.72. The van der Waals surface area contributed by atoms with Crippen LogP contribution in [-0.2, 0) is 11.3 Å². The second-order valence-electron chi connectivity index (χ2n) is 7.20. The van der Waals surface area contributed by atoms with E-state index in [2.05, 4.69) is 34.4 Å². The first-order valence-corrected chi connectivity index (χ1v) is 11.9. The van der Waals surface area contributed by atoms with Gasteiger partial charge in [0.15, 0.2) is 5.16 Å². The highest BCUT2D eigenvalue weighted by Crippen LogP contribution is 2.18. The number of fused-ring (bicyclic) bond motifs is 1. The molecule has 9 heteroatoms. The molecule has 0 radical (unpaired) electrons. The van der Waals surface area contributed by atoms with Gasteiger partial charge < -0.3 is 10.2 Å². The quantitative estimate of drug-likeness (QED) is 0.295. The number of unbranched alkanes of at least 4 members (excludes halogenated alkanes) is 1. The molecule has 1 aromatic carbocycles. The van der Waals surface area contributed by atoms with Crippen molar-refractivity contribution in [3.63, 3.8) is 0 Å². The van der Waals surface area contributed by atoms with Crippen molar-refractivity contribution in [2.24, 2.45) is 0 Å². The van der Waals surface area contributed by atoms with Crippen LogP contribution in [0.15, 0.2) is 34.2 Å². The molecular formula is C22H33N5O3S. The molecule has 2 N–H and O–H groups in total. The summed E-state index contributed by atoms with van der Waals surface area (Å²) in [5.41, 5.74) is 0.498. The Morgan fingerprint density at radius 3 is 2.58 bits per heavy atom. The third-order valence-electron chi connectivity index (χ3n) is 4.98. The fourth-order valence-corrected chi connectivity index (χ4v) is 3.99. The van der Waals surface area contributed by atoms with Crippen molar-refractivity contribution in [1.29, 1.82) is 0 Å². The smallest absolute Gasteiger partial charge is 0.321 e. The number of amides is 3. The van der Waals surface area contributed by atoms with Gasteiger partial charge >= 0.3 is 6.03 Å². The van der Waals surface area contributed by atoms with E-state index in [1.807, 2.05) is 19.1 Å². The summed E-state index contributed by atoms with van der Waals surface area (Å²) in [5.74, 6) is -0.418. The fourth-order valence-electron chi connectivity index (χ4n) is 3.16. The minimum absolute atomic E-state index is 0.00201. The van der Waals surface area contributed by atoms with Crippen LogP contribution in [0.2, 0.25) is 0 Å². The summed E-state index contributed by atoms with van der Waals surface area (Å²) in [7, 11) is 0. The van der Waals surface area contributed by atoms with E-state index in [0.29, 0.717) is 29.1 Å². The molecule has 2 rings (SSSR count). The summed E-state index contributed by atoms with van der Waals surface area (Å²) in [6.45, 7) is 10.1. The van der Waals surface area contributed by atoms with Crippen LogP contribution in [0.25, 0.3) is 10.9 Å². The van der Waals surface area contributed by atoms with Crippen LogP contribution >= 0.6 is 11.8 Å². The number of thioether (sulfide) groups is 1. The van der Waals surface area contributed by atoms with Crippen LogP contribution < -0.4 is 16.2 Å². The monoisotopic (exact) mass is 447 g/mol. The van der Waals surface area contributed by atoms with Gasteiger partial charge in [-0.1, -0.05) is 51.1 Å². The van der Waals surface area contributed by atoms with Gasteiger partial charge in [0.05, 0.1) is 16.7 Å². The molecule has 8 nitrogen and oxygen atoms in total. The second kappa shape index (κ2) is 13.1. The van der Waals surface area contributed by atoms with Crippen LogP contribution in [0.4, 0.5) is 4.79 Å². The number of urea groups is 1. The van der Waals surface area contributed by atoms with Crippen LogP contribution in [0.5, 0.6) is 0 Å². The Hall–Kier alpha value is -2.39. The van der Waals surface area contributed by atoms with Crippen molar-refractivity contribution in [1.82, 2.24) is 25.1 Å². The molecule has 0 unspecified atom stereocenters. The number of rotatable bonds is 12. The van der Waals surface area contributed by atoms with Crippen LogP contribution in [-0.4, -0.2) is 58.3 Å². The van der Waals surface area contributed by atoms with Crippen LogP contribution in [0.1, 0.15) is 40.0 Å². The molecule has 0 saturated carbocycles. The zero-order valence-electron chi connectivity index (χ0n) is 18.6. The van der Waals surface area contributed by atoms with Gasteiger partial charge in [0.2, 0.25) is 5.91 Å². The molecule has 0 bridgehead atoms. The Balaban J connectivity index is 2.10. The van der Waals surface area contributed by atoms with E-state index in [0.717, 1.165) is 38.9 Å². The van der Waals surface area contributed by atoms with Gasteiger partial charge in [-0.3, -0.25) is 19.5 Å². The topological polar surface area (TPSA) is 96.3 Å². The van der Waals surface area contributed by atoms with Crippen molar-refractivity contribution in [2.75, 3.05) is 31.9 Å². The Bertz CT molecular complexity index is 927. The van der Waals surface area contributed by atoms with E-state index < -0.39 is 11.9 Å². The number of carbonyl (C=O) groups is 2. The molecule has 1 aromatic heterocycles. The third kappa shape index (κ3) is 7.66. The number of para-hydroxylation sites is 1. The Kier molecular flexibility index (Phi) is 10.5. The third-order valence-corrected chi connectivity index (χ3v) is 5.95. The SMILES string of the molecule is CCCCNC(=O)NC(=O)CSc1nc2ccccc2c(=O)n1CCCN(CC)CC. The number of nitrogens with one attached hydrogen (secondary N) is 2. The summed E-state index contributed by atoms with van der Waals surface area (Å²) < 4.78 is 1.64. The van der Waals surface area contributed by atoms with E-state index in [1.165, 1.54) is 11.8 Å². The number of aromatic nitrogens is 2. The van der Waals surface area contributed by atoms with Crippen LogP contribution in [0.3, 0.4) is 0 Å². The summed E-state index contributed by atoms with van der Waals surface area (Å²) in [5, 5.41) is 6.03. The Morgan fingerprint density at radius 1 is 1.13 bits per heavy atom. The molecule has 1 heterocycles. The van der Waals surface area contributed by atoms with Gasteiger partial charge in [-0.25, -0.2) is 9.78 Å². The van der Waals surface area contributed by atoms with Crippen molar-refractivity contribution in [2.45, 2.75) is 51.7 Å². The first kappa shape index (κ1) is 24.9. The first-order chi connectivity index (χ1) is 15.0. The van der Waals surface area contributed by atoms with Gasteiger partial charge in [0, 0.05) is 13.1 Å². The molecule has 2 aromatic rings. The predicted octanol–water partition coefficient (Wildman–Crippen LogP) is 2.85. The Morgan fingerprint density at radius 2 is 1.87 bits per heavy atom. The van der Waals surface area contributed by atoms with Crippen molar-refractivity contribution in [3.8, 4) is 0 Å². The average molecular weight is 448 g/mol. The first-order valence-electron chi connectivity index (χ1n) is 10.9. The van der Waals surface area contributed by atoms with Crippen molar-refractivity contribution < 1.29 is 9.59 Å². The van der Waals surface area contributed by atoms with Gasteiger partial charge in [0.25, 0.3) is 5.56 Å². The van der Waals surface area contributed by atoms with E-state index >= 15 is 0 Å². The number of carbonyl (C=O) groups excluding carboxylic acids is 2. The highest BCUT2D eigenvalue weighted by molar-refractivity contribution is 7.99. The lowest BCUT2D eigenvalue weighted by Crippen LogP contribution is -2.40. The van der Waals surface area contributed by atoms with Gasteiger partial charge in [0.1, 0.15) is 0 Å². The molecule has 0 aliphatic carbocycles. The number of hydrogen-bond donors (Lipinski definition) is 2. The van der Waals surface area contributed by atoms with E-state index in [1.54, 1.807) is 16.7 Å². The Labute approximate surface area is 187 Å². The molecule has 0 saturated heterocycles. The summed E-state index contributed by atoms with van der Waals surface area (Å²) in [6.07, 6.45) is 2.63. The zero-order valence-corrected chi connectivity index (χ0v) is 19.5.